The lowest BCUT2D eigenvalue weighted by molar-refractivity contribution is 0.347. The van der Waals surface area contributed by atoms with Crippen molar-refractivity contribution in [1.82, 2.24) is 0 Å². The van der Waals surface area contributed by atoms with Gasteiger partial charge in [-0.05, 0) is 86.9 Å². The zero-order valence-electron chi connectivity index (χ0n) is 17.6. The summed E-state index contributed by atoms with van der Waals surface area (Å²) in [6, 6.07) is 0. The van der Waals surface area contributed by atoms with Crippen molar-refractivity contribution in [3.63, 3.8) is 0 Å². The molecule has 4 aliphatic carbocycles. The van der Waals surface area contributed by atoms with Crippen LogP contribution >= 0.6 is 0 Å². The molecule has 8 atom stereocenters. The van der Waals surface area contributed by atoms with Gasteiger partial charge in [0.05, 0.1) is 0 Å². The van der Waals surface area contributed by atoms with Gasteiger partial charge in [0.1, 0.15) is 0 Å². The molecule has 0 amide bonds. The van der Waals surface area contributed by atoms with Crippen LogP contribution in [0.5, 0.6) is 0 Å². The normalized spacial score (nSPS) is 43.1. The Hall–Kier alpha value is -1.04. The molecule has 0 saturated heterocycles. The quantitative estimate of drug-likeness (QED) is 0.457. The highest BCUT2D eigenvalue weighted by Gasteiger charge is 2.43. The zero-order valence-corrected chi connectivity index (χ0v) is 17.6. The molecule has 0 heteroatoms. The first-order valence-electron chi connectivity index (χ1n) is 11.1. The number of hydrogen-bond donors (Lipinski definition) is 0. The van der Waals surface area contributed by atoms with Crippen molar-refractivity contribution in [3.05, 3.63) is 48.6 Å². The van der Waals surface area contributed by atoms with E-state index in [0.717, 1.165) is 41.4 Å². The van der Waals surface area contributed by atoms with Gasteiger partial charge in [0.25, 0.3) is 0 Å². The van der Waals surface area contributed by atoms with E-state index < -0.39 is 0 Å². The SMILES string of the molecule is C=CC1CC(C=C)C2CC(C)=CC12.CCC1CC(CC)C2CC(C)=CC12. The lowest BCUT2D eigenvalue weighted by atomic mass is 9.88. The van der Waals surface area contributed by atoms with Crippen molar-refractivity contribution in [2.75, 3.05) is 0 Å². The van der Waals surface area contributed by atoms with Gasteiger partial charge in [-0.1, -0.05) is 62.1 Å². The molecule has 0 N–H and O–H groups in total. The Labute approximate surface area is 162 Å². The van der Waals surface area contributed by atoms with E-state index in [4.69, 9.17) is 0 Å². The second-order valence-corrected chi connectivity index (χ2v) is 9.52. The molecular weight excluding hydrogens is 312 g/mol. The summed E-state index contributed by atoms with van der Waals surface area (Å²) >= 11 is 0. The second-order valence-electron chi connectivity index (χ2n) is 9.52. The van der Waals surface area contributed by atoms with Gasteiger partial charge >= 0.3 is 0 Å². The van der Waals surface area contributed by atoms with Crippen molar-refractivity contribution in [1.29, 1.82) is 0 Å². The average molecular weight is 353 g/mol. The molecule has 0 bridgehead atoms. The fourth-order valence-electron chi connectivity index (χ4n) is 6.70. The Morgan fingerprint density at radius 1 is 0.808 bits per heavy atom. The van der Waals surface area contributed by atoms with Crippen molar-refractivity contribution >= 4 is 0 Å². The van der Waals surface area contributed by atoms with Crippen LogP contribution in [0.3, 0.4) is 0 Å². The topological polar surface area (TPSA) is 0 Å². The first kappa shape index (κ1) is 19.7. The van der Waals surface area contributed by atoms with Gasteiger partial charge < -0.3 is 0 Å². The van der Waals surface area contributed by atoms with E-state index in [0.29, 0.717) is 5.92 Å². The summed E-state index contributed by atoms with van der Waals surface area (Å²) in [4.78, 5) is 0. The van der Waals surface area contributed by atoms with Crippen molar-refractivity contribution < 1.29 is 0 Å². The molecule has 0 aromatic heterocycles. The van der Waals surface area contributed by atoms with Crippen LogP contribution < -0.4 is 0 Å². The van der Waals surface area contributed by atoms with Gasteiger partial charge in [0.15, 0.2) is 0 Å². The maximum absolute atomic E-state index is 3.94. The first-order chi connectivity index (χ1) is 12.5. The van der Waals surface area contributed by atoms with Crippen molar-refractivity contribution in [2.24, 2.45) is 47.3 Å². The maximum Gasteiger partial charge on any atom is -0.0131 e. The molecule has 4 aliphatic rings. The minimum Gasteiger partial charge on any atom is -0.103 e. The van der Waals surface area contributed by atoms with E-state index in [1.54, 1.807) is 11.1 Å². The largest absolute Gasteiger partial charge is 0.103 e. The van der Waals surface area contributed by atoms with Gasteiger partial charge in [-0.25, -0.2) is 0 Å². The molecule has 26 heavy (non-hydrogen) atoms. The van der Waals surface area contributed by atoms with E-state index in [1.807, 2.05) is 0 Å². The molecule has 0 aromatic rings. The molecular formula is C26H40. The summed E-state index contributed by atoms with van der Waals surface area (Å²) in [5.74, 6) is 7.04. The van der Waals surface area contributed by atoms with Crippen LogP contribution in [-0.2, 0) is 0 Å². The fourth-order valence-corrected chi connectivity index (χ4v) is 6.70. The Morgan fingerprint density at radius 3 is 1.96 bits per heavy atom. The molecule has 0 heterocycles. The van der Waals surface area contributed by atoms with E-state index in [2.05, 4.69) is 65.2 Å². The standard InChI is InChI=1S/C13H22.C13H18/c2*1-4-10-8-11(5-2)13-7-9(3)6-12(10)13/h6,10-13H,4-5,7-8H2,1-3H3;4-6,10-13H,1-2,7-8H2,3H3. The van der Waals surface area contributed by atoms with Gasteiger partial charge in [0.2, 0.25) is 0 Å². The molecule has 8 unspecified atom stereocenters. The molecule has 0 radical (unpaired) electrons. The number of hydrogen-bond acceptors (Lipinski definition) is 0. The predicted octanol–water partition coefficient (Wildman–Crippen LogP) is 7.60. The Kier molecular flexibility index (Phi) is 6.31. The summed E-state index contributed by atoms with van der Waals surface area (Å²) in [6.07, 6.45) is 17.6. The molecule has 2 fully saturated rings. The third kappa shape index (κ3) is 3.67. The number of fused-ring (bicyclic) bond motifs is 2. The highest BCUT2D eigenvalue weighted by Crippen LogP contribution is 2.52. The van der Waals surface area contributed by atoms with E-state index in [1.165, 1.54) is 38.5 Å². The molecule has 0 aliphatic heterocycles. The molecule has 0 nitrogen and oxygen atoms in total. The highest BCUT2D eigenvalue weighted by molar-refractivity contribution is 5.20. The zero-order chi connectivity index (χ0) is 18.8. The van der Waals surface area contributed by atoms with Gasteiger partial charge in [0, 0.05) is 0 Å². The predicted molar refractivity (Wildman–Crippen MR) is 115 cm³/mol. The average Bonchev–Trinajstić information content (AvgIpc) is 3.34. The first-order valence-corrected chi connectivity index (χ1v) is 11.1. The summed E-state index contributed by atoms with van der Waals surface area (Å²) in [6.45, 7) is 17.2. The van der Waals surface area contributed by atoms with E-state index in [9.17, 15) is 0 Å². The molecule has 4 rings (SSSR count). The molecule has 2 saturated carbocycles. The van der Waals surface area contributed by atoms with Crippen molar-refractivity contribution in [3.8, 4) is 0 Å². The number of rotatable bonds is 4. The summed E-state index contributed by atoms with van der Waals surface area (Å²) < 4.78 is 0. The van der Waals surface area contributed by atoms with Crippen LogP contribution in [0, 0.1) is 47.3 Å². The Balaban J connectivity index is 0.000000151. The van der Waals surface area contributed by atoms with Crippen molar-refractivity contribution in [2.45, 2.75) is 66.2 Å². The third-order valence-corrected chi connectivity index (χ3v) is 8.06. The molecule has 0 spiro atoms. The monoisotopic (exact) mass is 352 g/mol. The van der Waals surface area contributed by atoms with Gasteiger partial charge in [-0.2, -0.15) is 0 Å². The fraction of sp³-hybridized carbons (Fsp3) is 0.692. The maximum atomic E-state index is 3.94. The minimum absolute atomic E-state index is 0.699. The van der Waals surface area contributed by atoms with Crippen LogP contribution in [0.1, 0.15) is 66.2 Å². The molecule has 0 aromatic carbocycles. The smallest absolute Gasteiger partial charge is 0.0131 e. The highest BCUT2D eigenvalue weighted by atomic mass is 14.5. The van der Waals surface area contributed by atoms with E-state index in [-0.39, 0.29) is 0 Å². The minimum atomic E-state index is 0.699. The van der Waals surface area contributed by atoms with Gasteiger partial charge in [-0.15, -0.1) is 13.2 Å². The second kappa shape index (κ2) is 8.32. The van der Waals surface area contributed by atoms with Crippen LogP contribution in [-0.4, -0.2) is 0 Å². The van der Waals surface area contributed by atoms with Gasteiger partial charge in [-0.3, -0.25) is 0 Å². The summed E-state index contributed by atoms with van der Waals surface area (Å²) in [7, 11) is 0. The van der Waals surface area contributed by atoms with E-state index >= 15 is 0 Å². The Bertz CT molecular complexity index is 577. The summed E-state index contributed by atoms with van der Waals surface area (Å²) in [5.41, 5.74) is 3.22. The van der Waals surface area contributed by atoms with Crippen LogP contribution in [0.2, 0.25) is 0 Å². The molecule has 144 valence electrons. The van der Waals surface area contributed by atoms with Crippen LogP contribution in [0.15, 0.2) is 48.6 Å². The third-order valence-electron chi connectivity index (χ3n) is 8.06. The lowest BCUT2D eigenvalue weighted by Gasteiger charge is -2.17. The number of allylic oxidation sites excluding steroid dienone is 6. The summed E-state index contributed by atoms with van der Waals surface area (Å²) in [5, 5.41) is 0. The van der Waals surface area contributed by atoms with Crippen LogP contribution in [0.25, 0.3) is 0 Å². The van der Waals surface area contributed by atoms with Crippen LogP contribution in [0.4, 0.5) is 0 Å². The lowest BCUT2D eigenvalue weighted by Crippen LogP contribution is -2.10. The Morgan fingerprint density at radius 2 is 1.38 bits per heavy atom.